The lowest BCUT2D eigenvalue weighted by Gasteiger charge is -2.17. The van der Waals surface area contributed by atoms with Crippen LogP contribution in [0.25, 0.3) is 10.8 Å². The van der Waals surface area contributed by atoms with Crippen molar-refractivity contribution in [3.8, 4) is 0 Å². The number of carbonyl (C=O) groups excluding carboxylic acids is 1. The van der Waals surface area contributed by atoms with Crippen LogP contribution in [-0.2, 0) is 14.6 Å². The number of thiol groups is 1. The number of hydrogen-bond acceptors (Lipinski definition) is 7. The number of sulfone groups is 1. The Labute approximate surface area is 175 Å². The molecule has 10 heteroatoms. The standard InChI is InChI=1S/C19H25N3O5S2/c1-29(26,27)17(7-8-18(23)24)22-19(25)16-4-2-3-12-9-14(5-6-15(12)16)21-10-13(20)11-28/h2-6,9,13,17,21,28H,7-8,10-11,20H2,1H3,(H,22,25)(H,23,24)/t13-,17?/m1/s1. The number of anilines is 1. The minimum absolute atomic E-state index is 0.0927. The highest BCUT2D eigenvalue weighted by atomic mass is 32.2. The molecule has 158 valence electrons. The molecule has 0 saturated heterocycles. The van der Waals surface area contributed by atoms with Crippen LogP contribution >= 0.6 is 12.6 Å². The first-order valence-electron chi connectivity index (χ1n) is 8.96. The Kier molecular flexibility index (Phi) is 7.88. The molecule has 2 rings (SSSR count). The molecule has 1 unspecified atom stereocenters. The van der Waals surface area contributed by atoms with Gasteiger partial charge >= 0.3 is 5.97 Å². The van der Waals surface area contributed by atoms with Crippen molar-refractivity contribution < 1.29 is 23.1 Å². The summed E-state index contributed by atoms with van der Waals surface area (Å²) in [6.45, 7) is 0.550. The van der Waals surface area contributed by atoms with Gasteiger partial charge in [-0.1, -0.05) is 18.2 Å². The third-order valence-electron chi connectivity index (χ3n) is 4.36. The van der Waals surface area contributed by atoms with Gasteiger partial charge in [0.05, 0.1) is 0 Å². The molecule has 0 aliphatic carbocycles. The average molecular weight is 440 g/mol. The van der Waals surface area contributed by atoms with Crippen LogP contribution in [-0.4, -0.2) is 55.4 Å². The van der Waals surface area contributed by atoms with Gasteiger partial charge in [0.2, 0.25) is 0 Å². The molecular weight excluding hydrogens is 414 g/mol. The van der Waals surface area contributed by atoms with E-state index in [1.807, 2.05) is 18.2 Å². The minimum atomic E-state index is -3.67. The van der Waals surface area contributed by atoms with Crippen molar-refractivity contribution in [2.24, 2.45) is 5.73 Å². The molecule has 2 aromatic rings. The molecule has 2 atom stereocenters. The zero-order chi connectivity index (χ0) is 21.6. The Bertz CT molecular complexity index is 995. The number of benzene rings is 2. The van der Waals surface area contributed by atoms with E-state index in [2.05, 4.69) is 23.3 Å². The molecule has 0 radical (unpaired) electrons. The molecule has 0 saturated carbocycles. The van der Waals surface area contributed by atoms with Crippen LogP contribution in [0.15, 0.2) is 36.4 Å². The topological polar surface area (TPSA) is 139 Å². The third kappa shape index (κ3) is 6.62. The summed E-state index contributed by atoms with van der Waals surface area (Å²) in [6.07, 6.45) is 0.400. The number of fused-ring (bicyclic) bond motifs is 1. The fourth-order valence-electron chi connectivity index (χ4n) is 2.78. The maximum atomic E-state index is 12.7. The molecule has 1 amide bonds. The van der Waals surface area contributed by atoms with E-state index in [0.717, 1.165) is 17.3 Å². The molecule has 0 aliphatic heterocycles. The van der Waals surface area contributed by atoms with E-state index >= 15 is 0 Å². The van der Waals surface area contributed by atoms with Gasteiger partial charge in [-0.2, -0.15) is 12.6 Å². The highest BCUT2D eigenvalue weighted by Crippen LogP contribution is 2.23. The minimum Gasteiger partial charge on any atom is -0.481 e. The van der Waals surface area contributed by atoms with E-state index < -0.39 is 27.1 Å². The normalized spacial score (nSPS) is 13.6. The lowest BCUT2D eigenvalue weighted by molar-refractivity contribution is -0.137. The predicted octanol–water partition coefficient (Wildman–Crippen LogP) is 1.47. The van der Waals surface area contributed by atoms with Crippen LogP contribution in [0.1, 0.15) is 23.2 Å². The molecule has 0 heterocycles. The van der Waals surface area contributed by atoms with Crippen LogP contribution in [0.3, 0.4) is 0 Å². The first-order chi connectivity index (χ1) is 13.6. The van der Waals surface area contributed by atoms with Gasteiger partial charge in [0.25, 0.3) is 5.91 Å². The molecule has 0 bridgehead atoms. The molecule has 2 aromatic carbocycles. The molecule has 0 fully saturated rings. The van der Waals surface area contributed by atoms with Crippen LogP contribution in [0.5, 0.6) is 0 Å². The quantitative estimate of drug-likeness (QED) is 0.353. The van der Waals surface area contributed by atoms with Crippen molar-refractivity contribution in [1.29, 1.82) is 0 Å². The van der Waals surface area contributed by atoms with Gasteiger partial charge in [-0.25, -0.2) is 8.42 Å². The smallest absolute Gasteiger partial charge is 0.303 e. The first-order valence-corrected chi connectivity index (χ1v) is 11.5. The molecule has 5 N–H and O–H groups in total. The van der Waals surface area contributed by atoms with Gasteiger partial charge in [-0.3, -0.25) is 9.59 Å². The third-order valence-corrected chi connectivity index (χ3v) is 6.21. The first kappa shape index (κ1) is 23.0. The van der Waals surface area contributed by atoms with E-state index in [4.69, 9.17) is 10.8 Å². The van der Waals surface area contributed by atoms with Crippen molar-refractivity contribution in [1.82, 2.24) is 5.32 Å². The van der Waals surface area contributed by atoms with Crippen molar-refractivity contribution in [2.45, 2.75) is 24.3 Å². The number of amides is 1. The Balaban J connectivity index is 2.25. The number of aliphatic carboxylic acids is 1. The number of rotatable bonds is 10. The molecule has 29 heavy (non-hydrogen) atoms. The monoisotopic (exact) mass is 439 g/mol. The van der Waals surface area contributed by atoms with E-state index in [1.165, 1.54) is 0 Å². The van der Waals surface area contributed by atoms with Crippen LogP contribution in [0.2, 0.25) is 0 Å². The summed E-state index contributed by atoms with van der Waals surface area (Å²) in [5.74, 6) is -1.15. The Morgan fingerprint density at radius 1 is 1.24 bits per heavy atom. The number of hydrogen-bond donors (Lipinski definition) is 5. The second-order valence-electron chi connectivity index (χ2n) is 6.79. The molecule has 0 spiro atoms. The molecule has 0 aromatic heterocycles. The number of carboxylic acid groups (broad SMARTS) is 1. The highest BCUT2D eigenvalue weighted by Gasteiger charge is 2.24. The van der Waals surface area contributed by atoms with Gasteiger partial charge < -0.3 is 21.5 Å². The number of carbonyl (C=O) groups is 2. The summed E-state index contributed by atoms with van der Waals surface area (Å²) in [5.41, 5.74) is 6.99. The fourth-order valence-corrected chi connectivity index (χ4v) is 3.77. The zero-order valence-electron chi connectivity index (χ0n) is 16.0. The van der Waals surface area contributed by atoms with Crippen molar-refractivity contribution in [3.63, 3.8) is 0 Å². The number of carboxylic acids is 1. The summed E-state index contributed by atoms with van der Waals surface area (Å²) in [6, 6.07) is 10.5. The van der Waals surface area contributed by atoms with Gasteiger partial charge in [-0.05, 0) is 35.4 Å². The summed E-state index contributed by atoms with van der Waals surface area (Å²) in [5, 5.41) is 14.6. The van der Waals surface area contributed by atoms with Crippen LogP contribution in [0.4, 0.5) is 5.69 Å². The Morgan fingerprint density at radius 3 is 2.59 bits per heavy atom. The number of nitrogens with one attached hydrogen (secondary N) is 2. The second kappa shape index (κ2) is 9.95. The lowest BCUT2D eigenvalue weighted by Crippen LogP contribution is -2.40. The molecular formula is C19H25N3O5S2. The van der Waals surface area contributed by atoms with Gasteiger partial charge in [0, 0.05) is 42.3 Å². The lowest BCUT2D eigenvalue weighted by atomic mass is 10.0. The van der Waals surface area contributed by atoms with Gasteiger partial charge in [0.1, 0.15) is 5.37 Å². The summed E-state index contributed by atoms with van der Waals surface area (Å²) in [7, 11) is -3.67. The zero-order valence-corrected chi connectivity index (χ0v) is 17.7. The Morgan fingerprint density at radius 2 is 1.97 bits per heavy atom. The van der Waals surface area contributed by atoms with Crippen molar-refractivity contribution in [3.05, 3.63) is 42.0 Å². The maximum Gasteiger partial charge on any atom is 0.303 e. The predicted molar refractivity (Wildman–Crippen MR) is 117 cm³/mol. The van der Waals surface area contributed by atoms with E-state index in [0.29, 0.717) is 23.2 Å². The average Bonchev–Trinajstić information content (AvgIpc) is 2.67. The number of nitrogens with two attached hydrogens (primary N) is 1. The molecule has 0 aliphatic rings. The van der Waals surface area contributed by atoms with E-state index in [1.54, 1.807) is 18.2 Å². The van der Waals surface area contributed by atoms with Crippen LogP contribution in [0, 0.1) is 0 Å². The van der Waals surface area contributed by atoms with Crippen molar-refractivity contribution >= 4 is 50.8 Å². The van der Waals surface area contributed by atoms with Gasteiger partial charge in [0.15, 0.2) is 9.84 Å². The second-order valence-corrected chi connectivity index (χ2v) is 9.38. The highest BCUT2D eigenvalue weighted by molar-refractivity contribution is 7.91. The molecule has 8 nitrogen and oxygen atoms in total. The summed E-state index contributed by atoms with van der Waals surface area (Å²) < 4.78 is 23.9. The van der Waals surface area contributed by atoms with Crippen molar-refractivity contribution in [2.75, 3.05) is 23.9 Å². The largest absolute Gasteiger partial charge is 0.481 e. The SMILES string of the molecule is CS(=O)(=O)C(CCC(=O)O)NC(=O)c1cccc2cc(NC[C@@H](N)CS)ccc12. The van der Waals surface area contributed by atoms with Crippen LogP contribution < -0.4 is 16.4 Å². The maximum absolute atomic E-state index is 12.7. The summed E-state index contributed by atoms with van der Waals surface area (Å²) >= 11 is 4.15. The Hall–Kier alpha value is -2.30. The van der Waals surface area contributed by atoms with Gasteiger partial charge in [-0.15, -0.1) is 0 Å². The van der Waals surface area contributed by atoms with E-state index in [9.17, 15) is 18.0 Å². The van der Waals surface area contributed by atoms with E-state index in [-0.39, 0.29) is 18.9 Å². The fraction of sp³-hybridized carbons (Fsp3) is 0.368. The summed E-state index contributed by atoms with van der Waals surface area (Å²) in [4.78, 5) is 23.5.